The maximum atomic E-state index is 6.20. The first-order chi connectivity index (χ1) is 12.0. The van der Waals surface area contributed by atoms with Gasteiger partial charge in [0.25, 0.3) is 0 Å². The van der Waals surface area contributed by atoms with Gasteiger partial charge in [0.2, 0.25) is 0 Å². The first kappa shape index (κ1) is 18.8. The van der Waals surface area contributed by atoms with Gasteiger partial charge in [0, 0.05) is 12.5 Å². The van der Waals surface area contributed by atoms with Gasteiger partial charge in [0.1, 0.15) is 0 Å². The van der Waals surface area contributed by atoms with Crippen molar-refractivity contribution in [2.45, 2.75) is 34.1 Å². The molecule has 0 saturated carbocycles. The molecule has 0 saturated heterocycles. The van der Waals surface area contributed by atoms with Crippen LogP contribution < -0.4 is 10.6 Å². The highest BCUT2D eigenvalue weighted by Crippen LogP contribution is 2.29. The zero-order chi connectivity index (χ0) is 18.4. The maximum Gasteiger partial charge on any atom is 0.0669 e. The van der Waals surface area contributed by atoms with Crippen LogP contribution in [0.3, 0.4) is 0 Å². The molecule has 25 heavy (non-hydrogen) atoms. The maximum absolute atomic E-state index is 6.20. The number of allylic oxidation sites excluding steroid dienone is 1. The second-order valence-electron chi connectivity index (χ2n) is 6.34. The molecule has 132 valence electrons. The molecule has 2 N–H and O–H groups in total. The monoisotopic (exact) mass is 335 g/mol. The summed E-state index contributed by atoms with van der Waals surface area (Å²) < 4.78 is 0. The molecular formula is C22H29N3. The van der Waals surface area contributed by atoms with E-state index in [0.717, 1.165) is 41.4 Å². The normalized spacial score (nSPS) is 12.7. The zero-order valence-corrected chi connectivity index (χ0v) is 15.8. The summed E-state index contributed by atoms with van der Waals surface area (Å²) in [6.45, 7) is 13.7. The van der Waals surface area contributed by atoms with E-state index in [2.05, 4.69) is 51.3 Å². The highest BCUT2D eigenvalue weighted by Gasteiger charge is 2.20. The van der Waals surface area contributed by atoms with Crippen molar-refractivity contribution < 1.29 is 0 Å². The summed E-state index contributed by atoms with van der Waals surface area (Å²) in [5.41, 5.74) is 12.0. The van der Waals surface area contributed by atoms with Crippen molar-refractivity contribution in [1.29, 1.82) is 0 Å². The summed E-state index contributed by atoms with van der Waals surface area (Å²) >= 11 is 0. The number of benzene rings is 2. The SMILES string of the molecule is C=C(/C(=N/c1ccccc1C)C(C)CC)N(CC)c1ccccc1N. The molecule has 3 nitrogen and oxygen atoms in total. The molecule has 0 aromatic heterocycles. The van der Waals surface area contributed by atoms with E-state index in [1.165, 1.54) is 5.56 Å². The minimum Gasteiger partial charge on any atom is -0.397 e. The number of rotatable bonds is 7. The third-order valence-electron chi connectivity index (χ3n) is 4.60. The van der Waals surface area contributed by atoms with E-state index in [1.807, 2.05) is 36.4 Å². The number of nitrogen functional groups attached to an aromatic ring is 1. The van der Waals surface area contributed by atoms with Crippen LogP contribution in [0.4, 0.5) is 17.1 Å². The molecule has 0 amide bonds. The van der Waals surface area contributed by atoms with E-state index in [1.54, 1.807) is 0 Å². The van der Waals surface area contributed by atoms with Gasteiger partial charge >= 0.3 is 0 Å². The van der Waals surface area contributed by atoms with Gasteiger partial charge in [-0.05, 0) is 44.0 Å². The van der Waals surface area contributed by atoms with Crippen molar-refractivity contribution >= 4 is 22.8 Å². The van der Waals surface area contributed by atoms with Crippen LogP contribution in [0.1, 0.15) is 32.8 Å². The number of aryl methyl sites for hydroxylation is 1. The van der Waals surface area contributed by atoms with Crippen molar-refractivity contribution in [3.63, 3.8) is 0 Å². The molecule has 2 aromatic carbocycles. The number of para-hydroxylation sites is 3. The number of nitrogens with zero attached hydrogens (tertiary/aromatic N) is 2. The first-order valence-corrected chi connectivity index (χ1v) is 8.95. The Bertz CT molecular complexity index is 761. The lowest BCUT2D eigenvalue weighted by molar-refractivity contribution is 0.734. The van der Waals surface area contributed by atoms with E-state index in [-0.39, 0.29) is 0 Å². The van der Waals surface area contributed by atoms with E-state index < -0.39 is 0 Å². The minimum absolute atomic E-state index is 0.311. The van der Waals surface area contributed by atoms with Gasteiger partial charge in [0.15, 0.2) is 0 Å². The third-order valence-corrected chi connectivity index (χ3v) is 4.60. The van der Waals surface area contributed by atoms with Crippen LogP contribution in [0.2, 0.25) is 0 Å². The van der Waals surface area contributed by atoms with Crippen LogP contribution in [0.25, 0.3) is 0 Å². The molecule has 0 radical (unpaired) electrons. The summed E-state index contributed by atoms with van der Waals surface area (Å²) in [6.07, 6.45) is 1.01. The number of nitrogens with two attached hydrogens (primary N) is 1. The van der Waals surface area contributed by atoms with Crippen LogP contribution in [0.5, 0.6) is 0 Å². The summed E-state index contributed by atoms with van der Waals surface area (Å²) in [5.74, 6) is 0.311. The molecule has 1 atom stereocenters. The lowest BCUT2D eigenvalue weighted by atomic mass is 9.98. The summed E-state index contributed by atoms with van der Waals surface area (Å²) in [4.78, 5) is 7.14. The van der Waals surface area contributed by atoms with Crippen LogP contribution in [0.15, 0.2) is 65.8 Å². The zero-order valence-electron chi connectivity index (χ0n) is 15.8. The number of hydrogen-bond acceptors (Lipinski definition) is 3. The largest absolute Gasteiger partial charge is 0.397 e. The molecule has 0 aliphatic heterocycles. The van der Waals surface area contributed by atoms with Gasteiger partial charge in [-0.2, -0.15) is 0 Å². The molecule has 0 heterocycles. The average molecular weight is 335 g/mol. The van der Waals surface area contributed by atoms with Crippen LogP contribution in [0, 0.1) is 12.8 Å². The third kappa shape index (κ3) is 4.30. The minimum atomic E-state index is 0.311. The summed E-state index contributed by atoms with van der Waals surface area (Å²) in [7, 11) is 0. The van der Waals surface area contributed by atoms with E-state index >= 15 is 0 Å². The van der Waals surface area contributed by atoms with Crippen LogP contribution in [-0.4, -0.2) is 12.3 Å². The second-order valence-corrected chi connectivity index (χ2v) is 6.34. The number of aliphatic imine (C=N–C) groups is 1. The Morgan fingerprint density at radius 3 is 2.36 bits per heavy atom. The van der Waals surface area contributed by atoms with Crippen molar-refractivity contribution in [2.75, 3.05) is 17.2 Å². The lowest BCUT2D eigenvalue weighted by Crippen LogP contribution is -2.30. The van der Waals surface area contributed by atoms with E-state index in [0.29, 0.717) is 5.92 Å². The summed E-state index contributed by atoms with van der Waals surface area (Å²) in [5, 5.41) is 0. The molecule has 3 heteroatoms. The highest BCUT2D eigenvalue weighted by molar-refractivity contribution is 6.05. The molecule has 1 unspecified atom stereocenters. The quantitative estimate of drug-likeness (QED) is 0.518. The number of hydrogen-bond donors (Lipinski definition) is 1. The Morgan fingerprint density at radius 1 is 1.12 bits per heavy atom. The standard InChI is InChI=1S/C22H29N3/c1-6-16(3)22(24-20-14-10-8-12-17(20)4)18(5)25(7-2)21-15-11-9-13-19(21)23/h8-16H,5-7,23H2,1-4H3/b24-22+. The predicted octanol–water partition coefficient (Wildman–Crippen LogP) is 5.74. The van der Waals surface area contributed by atoms with Gasteiger partial charge in [-0.15, -0.1) is 0 Å². The Labute approximate surface area is 151 Å². The van der Waals surface area contributed by atoms with E-state index in [9.17, 15) is 0 Å². The van der Waals surface area contributed by atoms with Crippen LogP contribution >= 0.6 is 0 Å². The second kappa shape index (κ2) is 8.52. The van der Waals surface area contributed by atoms with Gasteiger partial charge in [-0.3, -0.25) is 4.99 Å². The topological polar surface area (TPSA) is 41.6 Å². The van der Waals surface area contributed by atoms with Gasteiger partial charge in [-0.25, -0.2) is 0 Å². The van der Waals surface area contributed by atoms with E-state index in [4.69, 9.17) is 10.7 Å². The van der Waals surface area contributed by atoms with Gasteiger partial charge < -0.3 is 10.6 Å². The Morgan fingerprint density at radius 2 is 1.76 bits per heavy atom. The van der Waals surface area contributed by atoms with Crippen molar-refractivity contribution in [1.82, 2.24) is 0 Å². The highest BCUT2D eigenvalue weighted by atomic mass is 15.2. The Kier molecular flexibility index (Phi) is 6.40. The average Bonchev–Trinajstić information content (AvgIpc) is 2.62. The van der Waals surface area contributed by atoms with Crippen LogP contribution in [-0.2, 0) is 0 Å². The fourth-order valence-electron chi connectivity index (χ4n) is 2.85. The van der Waals surface area contributed by atoms with Gasteiger partial charge in [-0.1, -0.05) is 50.8 Å². The number of anilines is 2. The molecule has 2 rings (SSSR count). The van der Waals surface area contributed by atoms with Crippen molar-refractivity contribution in [2.24, 2.45) is 10.9 Å². The van der Waals surface area contributed by atoms with Crippen molar-refractivity contribution in [3.8, 4) is 0 Å². The fourth-order valence-corrected chi connectivity index (χ4v) is 2.85. The predicted molar refractivity (Wildman–Crippen MR) is 111 cm³/mol. The van der Waals surface area contributed by atoms with Crippen molar-refractivity contribution in [3.05, 3.63) is 66.4 Å². The van der Waals surface area contributed by atoms with Gasteiger partial charge in [0.05, 0.1) is 28.5 Å². The molecule has 2 aromatic rings. The lowest BCUT2D eigenvalue weighted by Gasteiger charge is -2.29. The Balaban J connectivity index is 2.48. The molecule has 0 spiro atoms. The fraction of sp³-hybridized carbons (Fsp3) is 0.318. The smallest absolute Gasteiger partial charge is 0.0669 e. The molecular weight excluding hydrogens is 306 g/mol. The Hall–Kier alpha value is -2.55. The molecule has 0 aliphatic rings. The molecule has 0 bridgehead atoms. The summed E-state index contributed by atoms with van der Waals surface area (Å²) in [6, 6.07) is 16.1. The first-order valence-electron chi connectivity index (χ1n) is 8.95. The molecule has 0 aliphatic carbocycles. The molecule has 0 fully saturated rings.